The molecular formula is C26H26N2O6. The summed E-state index contributed by atoms with van der Waals surface area (Å²) < 4.78 is 10.9. The highest BCUT2D eigenvalue weighted by atomic mass is 16.5. The van der Waals surface area contributed by atoms with Gasteiger partial charge in [-0.15, -0.1) is 0 Å². The molecule has 0 saturated heterocycles. The number of nitrogens with one attached hydrogen (secondary N) is 2. The van der Waals surface area contributed by atoms with Crippen LogP contribution in [0.1, 0.15) is 53.1 Å². The predicted molar refractivity (Wildman–Crippen MR) is 124 cm³/mol. The summed E-state index contributed by atoms with van der Waals surface area (Å²) in [6, 6.07) is 18.2. The molecule has 2 aromatic carbocycles. The number of fused-ring (bicyclic) bond motifs is 3. The Kier molecular flexibility index (Phi) is 6.96. The minimum absolute atomic E-state index is 0.0216. The van der Waals surface area contributed by atoms with Crippen LogP contribution in [0.25, 0.3) is 11.1 Å². The zero-order chi connectivity index (χ0) is 24.1. The van der Waals surface area contributed by atoms with Gasteiger partial charge in [0.1, 0.15) is 18.4 Å². The zero-order valence-electron chi connectivity index (χ0n) is 18.7. The van der Waals surface area contributed by atoms with Crippen LogP contribution < -0.4 is 10.6 Å². The fourth-order valence-corrected chi connectivity index (χ4v) is 4.18. The molecule has 0 aliphatic heterocycles. The Morgan fingerprint density at radius 3 is 2.26 bits per heavy atom. The molecule has 0 radical (unpaired) electrons. The van der Waals surface area contributed by atoms with Crippen molar-refractivity contribution in [2.45, 2.75) is 38.3 Å². The van der Waals surface area contributed by atoms with Crippen LogP contribution in [0.5, 0.6) is 0 Å². The van der Waals surface area contributed by atoms with Crippen LogP contribution in [0.15, 0.2) is 65.1 Å². The minimum atomic E-state index is -1.10. The Hall–Kier alpha value is -4.07. The number of alkyl carbamates (subject to hydrolysis) is 1. The molecule has 3 N–H and O–H groups in total. The van der Waals surface area contributed by atoms with E-state index in [1.807, 2.05) is 43.3 Å². The largest absolute Gasteiger partial charge is 0.480 e. The van der Waals surface area contributed by atoms with E-state index in [4.69, 9.17) is 9.15 Å². The van der Waals surface area contributed by atoms with Gasteiger partial charge in [-0.1, -0.05) is 61.9 Å². The van der Waals surface area contributed by atoms with Crippen molar-refractivity contribution >= 4 is 18.0 Å². The van der Waals surface area contributed by atoms with Gasteiger partial charge in [0.05, 0.1) is 6.54 Å². The summed E-state index contributed by atoms with van der Waals surface area (Å²) >= 11 is 0. The van der Waals surface area contributed by atoms with E-state index >= 15 is 0 Å². The fraction of sp³-hybridized carbons (Fsp3) is 0.269. The third-order valence-electron chi connectivity index (χ3n) is 5.82. The number of carboxylic acids is 1. The monoisotopic (exact) mass is 462 g/mol. The van der Waals surface area contributed by atoms with Gasteiger partial charge in [-0.05, 0) is 40.8 Å². The van der Waals surface area contributed by atoms with Gasteiger partial charge in [0.2, 0.25) is 0 Å². The van der Waals surface area contributed by atoms with Crippen LogP contribution in [-0.4, -0.2) is 35.7 Å². The number of hydrogen-bond acceptors (Lipinski definition) is 5. The van der Waals surface area contributed by atoms with E-state index in [9.17, 15) is 19.5 Å². The van der Waals surface area contributed by atoms with Crippen molar-refractivity contribution in [1.82, 2.24) is 10.6 Å². The lowest BCUT2D eigenvalue weighted by molar-refractivity contribution is -0.139. The van der Waals surface area contributed by atoms with Crippen LogP contribution in [0, 0.1) is 0 Å². The van der Waals surface area contributed by atoms with Crippen molar-refractivity contribution in [3.8, 4) is 11.1 Å². The minimum Gasteiger partial charge on any atom is -0.480 e. The number of carbonyl (C=O) groups excluding carboxylic acids is 2. The topological polar surface area (TPSA) is 118 Å². The van der Waals surface area contributed by atoms with Crippen LogP contribution in [-0.2, 0) is 16.1 Å². The van der Waals surface area contributed by atoms with E-state index in [0.717, 1.165) is 22.3 Å². The highest BCUT2D eigenvalue weighted by molar-refractivity contribution is 5.94. The first-order valence-corrected chi connectivity index (χ1v) is 11.2. The molecule has 0 saturated carbocycles. The maximum Gasteiger partial charge on any atom is 0.407 e. The van der Waals surface area contributed by atoms with Gasteiger partial charge in [0.15, 0.2) is 5.76 Å². The van der Waals surface area contributed by atoms with Gasteiger partial charge in [0.25, 0.3) is 5.91 Å². The molecule has 1 heterocycles. The first-order chi connectivity index (χ1) is 16.5. The Bertz CT molecular complexity index is 1160. The summed E-state index contributed by atoms with van der Waals surface area (Å²) in [6.07, 6.45) is 0.334. The van der Waals surface area contributed by atoms with E-state index in [0.29, 0.717) is 18.6 Å². The standard InChI is InChI=1S/C26H26N2O6/c1-2-7-22(25(30)31)28-24(29)23-13-12-16(34-23)14-27-26(32)33-15-21-19-10-5-3-8-17(19)18-9-4-6-11-20(18)21/h3-6,8-13,21-22H,2,7,14-15H2,1H3,(H,27,32)(H,28,29)(H,30,31). The molecule has 1 atom stereocenters. The molecule has 8 nitrogen and oxygen atoms in total. The second-order valence-corrected chi connectivity index (χ2v) is 8.10. The number of furan rings is 1. The number of ether oxygens (including phenoxy) is 1. The van der Waals surface area contributed by atoms with Crippen LogP contribution >= 0.6 is 0 Å². The van der Waals surface area contributed by atoms with Crippen molar-refractivity contribution in [2.24, 2.45) is 0 Å². The summed E-state index contributed by atoms with van der Waals surface area (Å²) in [5.74, 6) is -1.43. The highest BCUT2D eigenvalue weighted by Crippen LogP contribution is 2.44. The summed E-state index contributed by atoms with van der Waals surface area (Å²) in [5, 5.41) is 14.2. The molecule has 1 unspecified atom stereocenters. The van der Waals surface area contributed by atoms with E-state index in [1.54, 1.807) is 6.07 Å². The number of carboxylic acid groups (broad SMARTS) is 1. The highest BCUT2D eigenvalue weighted by Gasteiger charge is 2.29. The Morgan fingerprint density at radius 1 is 1.00 bits per heavy atom. The molecule has 0 spiro atoms. The molecule has 1 aliphatic carbocycles. The lowest BCUT2D eigenvalue weighted by Gasteiger charge is -2.14. The second kappa shape index (κ2) is 10.2. The SMILES string of the molecule is CCCC(NC(=O)c1ccc(CNC(=O)OCC2c3ccccc3-c3ccccc32)o1)C(=O)O. The van der Waals surface area contributed by atoms with Gasteiger partial charge in [-0.3, -0.25) is 4.79 Å². The molecule has 4 rings (SSSR count). The van der Waals surface area contributed by atoms with E-state index in [1.165, 1.54) is 6.07 Å². The van der Waals surface area contributed by atoms with Gasteiger partial charge in [-0.2, -0.15) is 0 Å². The fourth-order valence-electron chi connectivity index (χ4n) is 4.18. The number of aliphatic carboxylic acids is 1. The number of hydrogen-bond donors (Lipinski definition) is 3. The quantitative estimate of drug-likeness (QED) is 0.436. The molecule has 0 bridgehead atoms. The van der Waals surface area contributed by atoms with Crippen molar-refractivity contribution in [3.05, 3.63) is 83.3 Å². The molecule has 1 aliphatic rings. The van der Waals surface area contributed by atoms with Crippen LogP contribution in [0.3, 0.4) is 0 Å². The van der Waals surface area contributed by atoms with E-state index in [-0.39, 0.29) is 24.8 Å². The number of rotatable bonds is 9. The maximum absolute atomic E-state index is 12.3. The van der Waals surface area contributed by atoms with E-state index in [2.05, 4.69) is 22.8 Å². The van der Waals surface area contributed by atoms with Crippen LogP contribution in [0.4, 0.5) is 4.79 Å². The third-order valence-corrected chi connectivity index (χ3v) is 5.82. The van der Waals surface area contributed by atoms with E-state index < -0.39 is 24.0 Å². The van der Waals surface area contributed by atoms with Crippen molar-refractivity contribution in [1.29, 1.82) is 0 Å². The average molecular weight is 463 g/mol. The summed E-state index contributed by atoms with van der Waals surface area (Å²) in [5.41, 5.74) is 4.55. The lowest BCUT2D eigenvalue weighted by atomic mass is 9.98. The van der Waals surface area contributed by atoms with Crippen molar-refractivity contribution in [2.75, 3.05) is 6.61 Å². The van der Waals surface area contributed by atoms with Crippen LogP contribution in [0.2, 0.25) is 0 Å². The Morgan fingerprint density at radius 2 is 1.65 bits per heavy atom. The summed E-state index contributed by atoms with van der Waals surface area (Å²) in [7, 11) is 0. The van der Waals surface area contributed by atoms with Gasteiger partial charge in [-0.25, -0.2) is 9.59 Å². The Labute approximate surface area is 196 Å². The summed E-state index contributed by atoms with van der Waals surface area (Å²) in [4.78, 5) is 35.8. The third kappa shape index (κ3) is 4.96. The van der Waals surface area contributed by atoms with Crippen molar-refractivity contribution in [3.63, 3.8) is 0 Å². The number of amides is 2. The normalized spacial score (nSPS) is 13.0. The number of benzene rings is 2. The maximum atomic E-state index is 12.3. The summed E-state index contributed by atoms with van der Waals surface area (Å²) in [6.45, 7) is 2.06. The first-order valence-electron chi connectivity index (χ1n) is 11.2. The molecule has 0 fully saturated rings. The smallest absolute Gasteiger partial charge is 0.407 e. The Balaban J connectivity index is 1.30. The first kappa shape index (κ1) is 23.1. The van der Waals surface area contributed by atoms with Gasteiger partial charge < -0.3 is 24.9 Å². The number of carbonyl (C=O) groups is 3. The van der Waals surface area contributed by atoms with Crippen molar-refractivity contribution < 1.29 is 28.6 Å². The zero-order valence-corrected chi connectivity index (χ0v) is 18.7. The van der Waals surface area contributed by atoms with Gasteiger partial charge in [0, 0.05) is 5.92 Å². The predicted octanol–water partition coefficient (Wildman–Crippen LogP) is 4.30. The second-order valence-electron chi connectivity index (χ2n) is 8.10. The molecular weight excluding hydrogens is 436 g/mol. The molecule has 34 heavy (non-hydrogen) atoms. The molecule has 176 valence electrons. The molecule has 2 amide bonds. The molecule has 8 heteroatoms. The van der Waals surface area contributed by atoms with Gasteiger partial charge >= 0.3 is 12.1 Å². The average Bonchev–Trinajstić information content (AvgIpc) is 3.44. The lowest BCUT2D eigenvalue weighted by Crippen LogP contribution is -2.40. The molecule has 1 aromatic heterocycles. The molecule has 3 aromatic rings.